The maximum atomic E-state index is 12.0. The van der Waals surface area contributed by atoms with Crippen molar-refractivity contribution in [2.45, 2.75) is 32.9 Å². The van der Waals surface area contributed by atoms with Crippen molar-refractivity contribution >= 4 is 5.91 Å². The van der Waals surface area contributed by atoms with Gasteiger partial charge in [-0.05, 0) is 35.7 Å². The van der Waals surface area contributed by atoms with Crippen molar-refractivity contribution in [1.29, 1.82) is 0 Å². The number of methoxy groups -OCH3 is 1. The highest BCUT2D eigenvalue weighted by Gasteiger charge is 2.18. The molecule has 25 heavy (non-hydrogen) atoms. The van der Waals surface area contributed by atoms with E-state index in [-0.39, 0.29) is 11.8 Å². The number of para-hydroxylation sites is 2. The summed E-state index contributed by atoms with van der Waals surface area (Å²) in [6.45, 7) is 4.45. The second kappa shape index (κ2) is 9.08. The summed E-state index contributed by atoms with van der Waals surface area (Å²) < 4.78 is 11.1. The zero-order valence-electron chi connectivity index (χ0n) is 15.0. The Morgan fingerprint density at radius 3 is 2.36 bits per heavy atom. The van der Waals surface area contributed by atoms with Crippen molar-refractivity contribution < 1.29 is 14.3 Å². The fraction of sp³-hybridized carbons (Fsp3) is 0.350. The highest BCUT2D eigenvalue weighted by atomic mass is 16.5. The van der Waals surface area contributed by atoms with Crippen molar-refractivity contribution in [3.05, 3.63) is 54.1 Å². The molecule has 0 aliphatic heterocycles. The molecule has 0 spiro atoms. The lowest BCUT2D eigenvalue weighted by Crippen LogP contribution is -2.44. The van der Waals surface area contributed by atoms with Crippen LogP contribution in [0.3, 0.4) is 0 Å². The number of nitrogens with two attached hydrogens (primary N) is 1. The summed E-state index contributed by atoms with van der Waals surface area (Å²) in [7, 11) is 1.61. The van der Waals surface area contributed by atoms with Gasteiger partial charge >= 0.3 is 0 Å². The second-order valence-corrected chi connectivity index (χ2v) is 6.03. The molecule has 2 atom stereocenters. The van der Waals surface area contributed by atoms with Crippen LogP contribution in [-0.4, -0.2) is 19.1 Å². The molecule has 5 nitrogen and oxygen atoms in total. The third kappa shape index (κ3) is 5.22. The zero-order valence-corrected chi connectivity index (χ0v) is 15.0. The van der Waals surface area contributed by atoms with Gasteiger partial charge in [-0.25, -0.2) is 0 Å². The van der Waals surface area contributed by atoms with Gasteiger partial charge in [0.15, 0.2) is 11.5 Å². The van der Waals surface area contributed by atoms with Crippen molar-refractivity contribution in [3.63, 3.8) is 0 Å². The number of benzene rings is 2. The summed E-state index contributed by atoms with van der Waals surface area (Å²) in [4.78, 5) is 12.0. The van der Waals surface area contributed by atoms with Gasteiger partial charge in [0.05, 0.1) is 13.2 Å². The summed E-state index contributed by atoms with van der Waals surface area (Å²) in [5, 5.41) is 2.88. The summed E-state index contributed by atoms with van der Waals surface area (Å²) in [6.07, 6.45) is 0.879. The van der Waals surface area contributed by atoms with Crippen LogP contribution in [0.1, 0.15) is 25.8 Å². The topological polar surface area (TPSA) is 73.6 Å². The monoisotopic (exact) mass is 342 g/mol. The summed E-state index contributed by atoms with van der Waals surface area (Å²) >= 11 is 0. The van der Waals surface area contributed by atoms with E-state index in [0.717, 1.165) is 12.0 Å². The van der Waals surface area contributed by atoms with Crippen molar-refractivity contribution in [2.75, 3.05) is 7.11 Å². The molecule has 0 aliphatic carbocycles. The van der Waals surface area contributed by atoms with E-state index < -0.39 is 6.04 Å². The van der Waals surface area contributed by atoms with Gasteiger partial charge in [0.25, 0.3) is 0 Å². The molecule has 2 aromatic carbocycles. The third-order valence-electron chi connectivity index (χ3n) is 4.25. The van der Waals surface area contributed by atoms with E-state index in [1.54, 1.807) is 7.11 Å². The maximum absolute atomic E-state index is 12.0. The van der Waals surface area contributed by atoms with Gasteiger partial charge in [-0.2, -0.15) is 0 Å². The lowest BCUT2D eigenvalue weighted by atomic mass is 9.99. The van der Waals surface area contributed by atoms with E-state index >= 15 is 0 Å². The lowest BCUT2D eigenvalue weighted by molar-refractivity contribution is -0.123. The van der Waals surface area contributed by atoms with Gasteiger partial charge < -0.3 is 20.5 Å². The average molecular weight is 342 g/mol. The largest absolute Gasteiger partial charge is 0.493 e. The van der Waals surface area contributed by atoms with Crippen molar-refractivity contribution in [3.8, 4) is 17.2 Å². The molecule has 2 aromatic rings. The van der Waals surface area contributed by atoms with Gasteiger partial charge in [-0.1, -0.05) is 44.5 Å². The number of carbonyl (C=O) groups excluding carboxylic acids is 1. The van der Waals surface area contributed by atoms with Gasteiger partial charge in [0.1, 0.15) is 5.75 Å². The smallest absolute Gasteiger partial charge is 0.237 e. The van der Waals surface area contributed by atoms with Gasteiger partial charge in [0.2, 0.25) is 5.91 Å². The summed E-state index contributed by atoms with van der Waals surface area (Å²) in [5.74, 6) is 2.08. The Morgan fingerprint density at radius 1 is 1.12 bits per heavy atom. The molecule has 3 N–H and O–H groups in total. The van der Waals surface area contributed by atoms with Crippen LogP contribution < -0.4 is 20.5 Å². The normalized spacial score (nSPS) is 13.0. The number of nitrogens with one attached hydrogen (secondary N) is 1. The summed E-state index contributed by atoms with van der Waals surface area (Å²) in [5.41, 5.74) is 6.91. The Kier molecular flexibility index (Phi) is 6.83. The van der Waals surface area contributed by atoms with Crippen LogP contribution in [-0.2, 0) is 11.3 Å². The molecule has 0 bridgehead atoms. The number of carbonyl (C=O) groups is 1. The zero-order chi connectivity index (χ0) is 18.2. The molecule has 0 saturated carbocycles. The first-order valence-corrected chi connectivity index (χ1v) is 8.48. The Hall–Kier alpha value is -2.53. The Bertz CT molecular complexity index is 686. The highest BCUT2D eigenvalue weighted by Crippen LogP contribution is 2.30. The van der Waals surface area contributed by atoms with Gasteiger partial charge in [-0.3, -0.25) is 4.79 Å². The molecule has 5 heteroatoms. The molecule has 0 heterocycles. The lowest BCUT2D eigenvalue weighted by Gasteiger charge is -2.17. The molecule has 0 saturated heterocycles. The van der Waals surface area contributed by atoms with Crippen LogP contribution in [0.2, 0.25) is 0 Å². The quantitative estimate of drug-likeness (QED) is 0.770. The molecule has 0 radical (unpaired) electrons. The number of hydrogen-bond donors (Lipinski definition) is 2. The van der Waals surface area contributed by atoms with Crippen LogP contribution in [0.5, 0.6) is 17.2 Å². The van der Waals surface area contributed by atoms with E-state index in [4.69, 9.17) is 15.2 Å². The number of ether oxygens (including phenoxy) is 2. The van der Waals surface area contributed by atoms with Crippen molar-refractivity contribution in [1.82, 2.24) is 5.32 Å². The van der Waals surface area contributed by atoms with Gasteiger partial charge in [-0.15, -0.1) is 0 Å². The molecule has 1 amide bonds. The summed E-state index contributed by atoms with van der Waals surface area (Å²) in [6, 6.07) is 14.6. The minimum Gasteiger partial charge on any atom is -0.493 e. The molecule has 2 unspecified atom stereocenters. The molecule has 134 valence electrons. The Labute approximate surface area is 149 Å². The predicted molar refractivity (Wildman–Crippen MR) is 98.8 cm³/mol. The average Bonchev–Trinajstić information content (AvgIpc) is 2.66. The molecule has 2 rings (SSSR count). The first-order chi connectivity index (χ1) is 12.0. The number of amides is 1. The van der Waals surface area contributed by atoms with Crippen molar-refractivity contribution in [2.24, 2.45) is 11.7 Å². The Morgan fingerprint density at radius 2 is 1.76 bits per heavy atom. The minimum absolute atomic E-state index is 0.122. The Balaban J connectivity index is 1.93. The molecule has 0 aliphatic rings. The van der Waals surface area contributed by atoms with Crippen LogP contribution in [0.4, 0.5) is 0 Å². The van der Waals surface area contributed by atoms with E-state index in [0.29, 0.717) is 23.8 Å². The van der Waals surface area contributed by atoms with E-state index in [9.17, 15) is 4.79 Å². The predicted octanol–water partition coefficient (Wildman–Crippen LogP) is 3.48. The van der Waals surface area contributed by atoms with E-state index in [1.165, 1.54) is 0 Å². The molecular weight excluding hydrogens is 316 g/mol. The van der Waals surface area contributed by atoms with Crippen LogP contribution >= 0.6 is 0 Å². The standard InChI is InChI=1S/C20H26N2O3/c1-4-14(2)19(21)20(23)22-13-15-9-11-16(12-10-15)25-18-8-6-5-7-17(18)24-3/h5-12,14,19H,4,13,21H2,1-3H3,(H,22,23). The molecule has 0 aromatic heterocycles. The van der Waals surface area contributed by atoms with Crippen LogP contribution in [0, 0.1) is 5.92 Å². The molecule has 0 fully saturated rings. The first kappa shape index (κ1) is 18.8. The maximum Gasteiger partial charge on any atom is 0.237 e. The third-order valence-corrected chi connectivity index (χ3v) is 4.25. The minimum atomic E-state index is -0.474. The van der Waals surface area contributed by atoms with Crippen LogP contribution in [0.25, 0.3) is 0 Å². The first-order valence-electron chi connectivity index (χ1n) is 8.48. The highest BCUT2D eigenvalue weighted by molar-refractivity contribution is 5.81. The number of hydrogen-bond acceptors (Lipinski definition) is 4. The fourth-order valence-corrected chi connectivity index (χ4v) is 2.32. The van der Waals surface area contributed by atoms with Gasteiger partial charge in [0, 0.05) is 6.54 Å². The van der Waals surface area contributed by atoms with E-state index in [1.807, 2.05) is 62.4 Å². The molecular formula is C20H26N2O3. The van der Waals surface area contributed by atoms with E-state index in [2.05, 4.69) is 5.32 Å². The number of rotatable bonds is 8. The fourth-order valence-electron chi connectivity index (χ4n) is 2.32. The second-order valence-electron chi connectivity index (χ2n) is 6.03. The van der Waals surface area contributed by atoms with Crippen LogP contribution in [0.15, 0.2) is 48.5 Å². The SMILES string of the molecule is CCC(C)C(N)C(=O)NCc1ccc(Oc2ccccc2OC)cc1.